The smallest absolute Gasteiger partial charge is 0.870 e. The Labute approximate surface area is 152 Å². The quantitative estimate of drug-likeness (QED) is 0.476. The van der Waals surface area contributed by atoms with Crippen molar-refractivity contribution in [2.75, 3.05) is 0 Å². The fraction of sp³-hybridized carbons (Fsp3) is 0. The van der Waals surface area contributed by atoms with Crippen LogP contribution in [-0.4, -0.2) is 26.9 Å². The van der Waals surface area contributed by atoms with E-state index < -0.39 is 0 Å². The third-order valence-electron chi connectivity index (χ3n) is 2.63. The molecule has 2 aromatic heterocycles. The van der Waals surface area contributed by atoms with Crippen molar-refractivity contribution in [3.8, 4) is 11.3 Å². The summed E-state index contributed by atoms with van der Waals surface area (Å²) in [6, 6.07) is 9.08. The number of hydrogen-bond donors (Lipinski definition) is 1. The monoisotopic (exact) mass is 278 g/mol. The van der Waals surface area contributed by atoms with E-state index in [0.29, 0.717) is 5.56 Å². The van der Waals surface area contributed by atoms with Gasteiger partial charge >= 0.3 is 51.4 Å². The SMILES string of the molecule is O=[C-]c1ccc2[nH]nc(-c3ccncc3)c2c1.[K+].[OH-]. The molecule has 0 atom stereocenters. The van der Waals surface area contributed by atoms with E-state index in [2.05, 4.69) is 15.2 Å². The van der Waals surface area contributed by atoms with E-state index >= 15 is 0 Å². The Hall–Kier alpha value is -0.894. The topological polar surface area (TPSA) is 88.6 Å². The maximum Gasteiger partial charge on any atom is 1.00 e. The number of carbonyl (C=O) groups excluding carboxylic acids is 1. The Balaban J connectivity index is 0.000000902. The van der Waals surface area contributed by atoms with Gasteiger partial charge in [0.25, 0.3) is 0 Å². The zero-order chi connectivity index (χ0) is 11.7. The van der Waals surface area contributed by atoms with Crippen LogP contribution in [0.1, 0.15) is 5.56 Å². The summed E-state index contributed by atoms with van der Waals surface area (Å²) in [7, 11) is 0. The Morgan fingerprint density at radius 1 is 1.11 bits per heavy atom. The molecule has 0 saturated carbocycles. The third kappa shape index (κ3) is 3.17. The number of fused-ring (bicyclic) bond motifs is 1. The van der Waals surface area contributed by atoms with Gasteiger partial charge < -0.3 is 10.3 Å². The van der Waals surface area contributed by atoms with Gasteiger partial charge in [0.15, 0.2) is 0 Å². The van der Waals surface area contributed by atoms with Gasteiger partial charge in [-0.1, -0.05) is 6.07 Å². The van der Waals surface area contributed by atoms with Crippen molar-refractivity contribution in [3.05, 3.63) is 48.3 Å². The van der Waals surface area contributed by atoms with Crippen molar-refractivity contribution in [2.45, 2.75) is 0 Å². The first-order valence-corrected chi connectivity index (χ1v) is 5.15. The molecule has 2 heterocycles. The Bertz CT molecular complexity index is 683. The molecule has 0 bridgehead atoms. The number of benzene rings is 1. The Morgan fingerprint density at radius 2 is 1.84 bits per heavy atom. The molecular formula is C13H9KN3O2-. The number of aromatic amines is 1. The third-order valence-corrected chi connectivity index (χ3v) is 2.63. The second kappa shape index (κ2) is 7.04. The molecule has 0 unspecified atom stereocenters. The molecule has 2 N–H and O–H groups in total. The molecule has 1 aromatic carbocycles. The molecule has 0 aliphatic rings. The van der Waals surface area contributed by atoms with Gasteiger partial charge in [-0.05, 0) is 17.5 Å². The fourth-order valence-corrected chi connectivity index (χ4v) is 1.81. The molecule has 0 saturated heterocycles. The minimum atomic E-state index is 0. The molecule has 0 fully saturated rings. The summed E-state index contributed by atoms with van der Waals surface area (Å²) < 4.78 is 0. The molecule has 90 valence electrons. The van der Waals surface area contributed by atoms with Gasteiger partial charge in [0.1, 0.15) is 0 Å². The molecule has 3 rings (SSSR count). The van der Waals surface area contributed by atoms with Crippen LogP contribution >= 0.6 is 0 Å². The maximum atomic E-state index is 10.7. The van der Waals surface area contributed by atoms with E-state index in [1.165, 1.54) is 0 Å². The zero-order valence-electron chi connectivity index (χ0n) is 10.3. The van der Waals surface area contributed by atoms with Crippen LogP contribution in [0.4, 0.5) is 0 Å². The van der Waals surface area contributed by atoms with E-state index in [1.807, 2.05) is 24.5 Å². The average molecular weight is 278 g/mol. The molecular weight excluding hydrogens is 269 g/mol. The van der Waals surface area contributed by atoms with Gasteiger partial charge in [-0.25, -0.2) is 0 Å². The van der Waals surface area contributed by atoms with Crippen molar-refractivity contribution < 1.29 is 61.7 Å². The zero-order valence-corrected chi connectivity index (χ0v) is 13.4. The van der Waals surface area contributed by atoms with Crippen molar-refractivity contribution in [2.24, 2.45) is 0 Å². The molecule has 0 aliphatic carbocycles. The molecule has 0 amide bonds. The second-order valence-corrected chi connectivity index (χ2v) is 3.67. The summed E-state index contributed by atoms with van der Waals surface area (Å²) in [5.41, 5.74) is 3.21. The molecule has 0 radical (unpaired) electrons. The summed E-state index contributed by atoms with van der Waals surface area (Å²) >= 11 is 0. The molecule has 0 aliphatic heterocycles. The van der Waals surface area contributed by atoms with E-state index in [9.17, 15) is 4.79 Å². The fourth-order valence-electron chi connectivity index (χ4n) is 1.81. The van der Waals surface area contributed by atoms with Crippen LogP contribution in [0, 0.1) is 0 Å². The number of rotatable bonds is 2. The number of nitrogens with one attached hydrogen (secondary N) is 1. The van der Waals surface area contributed by atoms with Gasteiger partial charge in [0.05, 0.1) is 12.0 Å². The van der Waals surface area contributed by atoms with Gasteiger partial charge in [0, 0.05) is 23.5 Å². The van der Waals surface area contributed by atoms with Crippen LogP contribution < -0.4 is 51.4 Å². The van der Waals surface area contributed by atoms with Gasteiger partial charge in [-0.3, -0.25) is 10.1 Å². The summed E-state index contributed by atoms with van der Waals surface area (Å²) in [6.45, 7) is 0. The molecule has 0 spiro atoms. The average Bonchev–Trinajstić information content (AvgIpc) is 2.82. The first-order valence-electron chi connectivity index (χ1n) is 5.15. The first-order chi connectivity index (χ1) is 8.38. The molecule has 5 nitrogen and oxygen atoms in total. The summed E-state index contributed by atoms with van der Waals surface area (Å²) in [4.78, 5) is 14.6. The van der Waals surface area contributed by atoms with E-state index in [1.54, 1.807) is 24.5 Å². The van der Waals surface area contributed by atoms with E-state index in [4.69, 9.17) is 0 Å². The number of pyridine rings is 1. The van der Waals surface area contributed by atoms with Crippen LogP contribution in [0.25, 0.3) is 22.2 Å². The second-order valence-electron chi connectivity index (χ2n) is 3.67. The minimum absolute atomic E-state index is 0. The molecule has 3 aromatic rings. The van der Waals surface area contributed by atoms with Crippen molar-refractivity contribution in [1.29, 1.82) is 0 Å². The van der Waals surface area contributed by atoms with Crippen LogP contribution in [-0.2, 0) is 4.79 Å². The predicted octanol–water partition coefficient (Wildman–Crippen LogP) is -1.09. The first kappa shape index (κ1) is 16.2. The predicted molar refractivity (Wildman–Crippen MR) is 66.1 cm³/mol. The van der Waals surface area contributed by atoms with Crippen molar-refractivity contribution >= 4 is 17.2 Å². The van der Waals surface area contributed by atoms with Crippen molar-refractivity contribution in [1.82, 2.24) is 15.2 Å². The van der Waals surface area contributed by atoms with Gasteiger partial charge in [-0.15, -0.1) is 6.07 Å². The Kier molecular flexibility index (Phi) is 5.99. The molecule has 19 heavy (non-hydrogen) atoms. The van der Waals surface area contributed by atoms with Gasteiger partial charge in [0.2, 0.25) is 0 Å². The van der Waals surface area contributed by atoms with Crippen LogP contribution in [0.2, 0.25) is 0 Å². The normalized spacial score (nSPS) is 9.47. The largest absolute Gasteiger partial charge is 1.00 e. The number of aromatic nitrogens is 3. The number of nitrogens with zero attached hydrogens (tertiary/aromatic N) is 2. The molecule has 6 heteroatoms. The van der Waals surface area contributed by atoms with E-state index in [0.717, 1.165) is 22.2 Å². The summed E-state index contributed by atoms with van der Waals surface area (Å²) in [6.07, 6.45) is 5.31. The maximum absolute atomic E-state index is 10.7. The summed E-state index contributed by atoms with van der Waals surface area (Å²) in [5, 5.41) is 8.11. The Morgan fingerprint density at radius 3 is 2.53 bits per heavy atom. The van der Waals surface area contributed by atoms with Crippen LogP contribution in [0.3, 0.4) is 0 Å². The van der Waals surface area contributed by atoms with E-state index in [-0.39, 0.29) is 56.9 Å². The standard InChI is InChI=1S/C13H8N3O.K.H2O/c17-8-9-1-2-12-11(7-9)13(16-15-12)10-3-5-14-6-4-10;;/h1-7H,(H,15,16);;1H2/q-1;+1;/p-1. The van der Waals surface area contributed by atoms with Gasteiger partial charge in [-0.2, -0.15) is 16.7 Å². The number of H-pyrrole nitrogens is 1. The van der Waals surface area contributed by atoms with Crippen LogP contribution in [0.5, 0.6) is 0 Å². The summed E-state index contributed by atoms with van der Waals surface area (Å²) in [5.74, 6) is 0. The van der Waals surface area contributed by atoms with Crippen LogP contribution in [0.15, 0.2) is 42.7 Å². The number of hydrogen-bond acceptors (Lipinski definition) is 4. The van der Waals surface area contributed by atoms with Crippen molar-refractivity contribution in [3.63, 3.8) is 0 Å². The minimum Gasteiger partial charge on any atom is -0.870 e.